The Bertz CT molecular complexity index is 820. The lowest BCUT2D eigenvalue weighted by molar-refractivity contribution is -0.130. The number of methoxy groups -OCH3 is 2. The highest BCUT2D eigenvalue weighted by Crippen LogP contribution is 2.28. The number of benzene rings is 2. The van der Waals surface area contributed by atoms with E-state index in [2.05, 4.69) is 5.32 Å². The minimum atomic E-state index is -0.0820. The van der Waals surface area contributed by atoms with Gasteiger partial charge in [0.25, 0.3) is 0 Å². The Labute approximate surface area is 166 Å². The molecule has 2 amide bonds. The van der Waals surface area contributed by atoms with Crippen LogP contribution < -0.4 is 14.8 Å². The van der Waals surface area contributed by atoms with Gasteiger partial charge in [-0.05, 0) is 35.7 Å². The first-order valence-electron chi connectivity index (χ1n) is 9.22. The molecule has 0 aromatic heterocycles. The number of carbonyl (C=O) groups excluding carboxylic acids is 2. The molecule has 28 heavy (non-hydrogen) atoms. The Kier molecular flexibility index (Phi) is 7.87. The zero-order valence-electron chi connectivity index (χ0n) is 17.0. The maximum absolute atomic E-state index is 12.2. The molecule has 2 aromatic rings. The second kappa shape index (κ2) is 10.3. The van der Waals surface area contributed by atoms with E-state index in [1.807, 2.05) is 43.3 Å². The summed E-state index contributed by atoms with van der Waals surface area (Å²) >= 11 is 0. The zero-order valence-corrected chi connectivity index (χ0v) is 17.0. The van der Waals surface area contributed by atoms with E-state index >= 15 is 0 Å². The van der Waals surface area contributed by atoms with Gasteiger partial charge >= 0.3 is 0 Å². The molecule has 2 rings (SSSR count). The molecule has 6 nitrogen and oxygen atoms in total. The molecule has 0 radical (unpaired) electrons. The predicted molar refractivity (Wildman–Crippen MR) is 108 cm³/mol. The molecule has 2 aromatic carbocycles. The fourth-order valence-corrected chi connectivity index (χ4v) is 2.87. The molecule has 0 aliphatic carbocycles. The molecule has 1 N–H and O–H groups in total. The average molecular weight is 384 g/mol. The first-order valence-corrected chi connectivity index (χ1v) is 9.22. The standard InChI is InChI=1S/C22H28N2O4/c1-16-7-5-6-8-19(16)14-23-22(26)11-12-24(17(2)25)15-18-9-10-20(27-3)21(13-18)28-4/h5-10,13H,11-12,14-15H2,1-4H3,(H,23,26). The molecule has 0 saturated heterocycles. The third kappa shape index (κ3) is 6.01. The molecule has 0 unspecified atom stereocenters. The van der Waals surface area contributed by atoms with Crippen molar-refractivity contribution in [2.45, 2.75) is 33.4 Å². The number of ether oxygens (including phenoxy) is 2. The van der Waals surface area contributed by atoms with Gasteiger partial charge in [-0.1, -0.05) is 30.3 Å². The lowest BCUT2D eigenvalue weighted by Gasteiger charge is -2.21. The van der Waals surface area contributed by atoms with Crippen molar-refractivity contribution in [1.82, 2.24) is 10.2 Å². The molecule has 0 aliphatic heterocycles. The maximum Gasteiger partial charge on any atom is 0.222 e. The Hall–Kier alpha value is -3.02. The van der Waals surface area contributed by atoms with E-state index in [1.165, 1.54) is 6.92 Å². The van der Waals surface area contributed by atoms with Crippen LogP contribution in [0.2, 0.25) is 0 Å². The predicted octanol–water partition coefficient (Wildman–Crippen LogP) is 3.07. The summed E-state index contributed by atoms with van der Waals surface area (Å²) in [7, 11) is 3.15. The van der Waals surface area contributed by atoms with Crippen molar-refractivity contribution < 1.29 is 19.1 Å². The summed E-state index contributed by atoms with van der Waals surface area (Å²) in [5.41, 5.74) is 3.14. The Balaban J connectivity index is 1.91. The summed E-state index contributed by atoms with van der Waals surface area (Å²) in [5, 5.41) is 2.92. The molecule has 6 heteroatoms. The fraction of sp³-hybridized carbons (Fsp3) is 0.364. The number of nitrogens with zero attached hydrogens (tertiary/aromatic N) is 1. The van der Waals surface area contributed by atoms with Crippen LogP contribution in [0.3, 0.4) is 0 Å². The highest BCUT2D eigenvalue weighted by atomic mass is 16.5. The van der Waals surface area contributed by atoms with E-state index in [-0.39, 0.29) is 18.2 Å². The van der Waals surface area contributed by atoms with Gasteiger partial charge in [0.2, 0.25) is 11.8 Å². The minimum Gasteiger partial charge on any atom is -0.493 e. The monoisotopic (exact) mass is 384 g/mol. The molecule has 0 saturated carbocycles. The third-order valence-electron chi connectivity index (χ3n) is 4.61. The van der Waals surface area contributed by atoms with Crippen molar-refractivity contribution in [3.63, 3.8) is 0 Å². The molecule has 0 atom stereocenters. The normalized spacial score (nSPS) is 10.3. The van der Waals surface area contributed by atoms with Crippen molar-refractivity contribution in [2.24, 2.45) is 0 Å². The molecule has 0 heterocycles. The van der Waals surface area contributed by atoms with Gasteiger partial charge in [0.1, 0.15) is 0 Å². The Morgan fingerprint density at radius 3 is 2.39 bits per heavy atom. The lowest BCUT2D eigenvalue weighted by Crippen LogP contribution is -2.33. The van der Waals surface area contributed by atoms with Gasteiger partial charge in [0.15, 0.2) is 11.5 Å². The van der Waals surface area contributed by atoms with Gasteiger partial charge < -0.3 is 19.7 Å². The number of nitrogens with one attached hydrogen (secondary N) is 1. The van der Waals surface area contributed by atoms with Gasteiger partial charge in [0, 0.05) is 33.0 Å². The number of carbonyl (C=O) groups is 2. The summed E-state index contributed by atoms with van der Waals surface area (Å²) < 4.78 is 10.5. The summed E-state index contributed by atoms with van der Waals surface area (Å²) in [6, 6.07) is 13.5. The van der Waals surface area contributed by atoms with E-state index in [9.17, 15) is 9.59 Å². The Morgan fingerprint density at radius 2 is 1.75 bits per heavy atom. The summed E-state index contributed by atoms with van der Waals surface area (Å²) in [5.74, 6) is 1.08. The molecule has 150 valence electrons. The SMILES string of the molecule is COc1ccc(CN(CCC(=O)NCc2ccccc2C)C(C)=O)cc1OC. The first-order chi connectivity index (χ1) is 13.4. The van der Waals surface area contributed by atoms with E-state index in [0.29, 0.717) is 31.1 Å². The van der Waals surface area contributed by atoms with Crippen molar-refractivity contribution in [2.75, 3.05) is 20.8 Å². The van der Waals surface area contributed by atoms with Gasteiger partial charge in [-0.15, -0.1) is 0 Å². The van der Waals surface area contributed by atoms with Crippen LogP contribution in [0.1, 0.15) is 30.0 Å². The largest absolute Gasteiger partial charge is 0.493 e. The molecule has 0 fully saturated rings. The van der Waals surface area contributed by atoms with Gasteiger partial charge in [-0.3, -0.25) is 9.59 Å². The van der Waals surface area contributed by atoms with Crippen molar-refractivity contribution in [3.05, 3.63) is 59.2 Å². The van der Waals surface area contributed by atoms with Crippen LogP contribution in [-0.4, -0.2) is 37.5 Å². The molecular formula is C22H28N2O4. The number of hydrogen-bond donors (Lipinski definition) is 1. The smallest absolute Gasteiger partial charge is 0.222 e. The van der Waals surface area contributed by atoms with Crippen LogP contribution >= 0.6 is 0 Å². The first kappa shape index (κ1) is 21.3. The summed E-state index contributed by atoms with van der Waals surface area (Å²) in [4.78, 5) is 25.9. The van der Waals surface area contributed by atoms with E-state index in [1.54, 1.807) is 25.2 Å². The zero-order chi connectivity index (χ0) is 20.5. The quantitative estimate of drug-likeness (QED) is 0.721. The number of hydrogen-bond acceptors (Lipinski definition) is 4. The molecular weight excluding hydrogens is 356 g/mol. The van der Waals surface area contributed by atoms with Crippen LogP contribution in [0, 0.1) is 6.92 Å². The highest BCUT2D eigenvalue weighted by molar-refractivity contribution is 5.78. The van der Waals surface area contributed by atoms with Gasteiger partial charge in [-0.25, -0.2) is 0 Å². The molecule has 0 aliphatic rings. The highest BCUT2D eigenvalue weighted by Gasteiger charge is 2.14. The van der Waals surface area contributed by atoms with Crippen LogP contribution in [0.5, 0.6) is 11.5 Å². The topological polar surface area (TPSA) is 67.9 Å². The average Bonchev–Trinajstić information content (AvgIpc) is 2.70. The van der Waals surface area contributed by atoms with E-state index in [4.69, 9.17) is 9.47 Å². The molecule has 0 spiro atoms. The third-order valence-corrected chi connectivity index (χ3v) is 4.61. The second-order valence-electron chi connectivity index (χ2n) is 6.58. The van der Waals surface area contributed by atoms with Crippen LogP contribution in [0.4, 0.5) is 0 Å². The fourth-order valence-electron chi connectivity index (χ4n) is 2.87. The van der Waals surface area contributed by atoms with Gasteiger partial charge in [0.05, 0.1) is 14.2 Å². The van der Waals surface area contributed by atoms with Crippen molar-refractivity contribution in [1.29, 1.82) is 0 Å². The van der Waals surface area contributed by atoms with Crippen molar-refractivity contribution >= 4 is 11.8 Å². The second-order valence-corrected chi connectivity index (χ2v) is 6.58. The van der Waals surface area contributed by atoms with Crippen LogP contribution in [-0.2, 0) is 22.7 Å². The number of aryl methyl sites for hydroxylation is 1. The maximum atomic E-state index is 12.2. The van der Waals surface area contributed by atoms with E-state index < -0.39 is 0 Å². The van der Waals surface area contributed by atoms with Gasteiger partial charge in [-0.2, -0.15) is 0 Å². The lowest BCUT2D eigenvalue weighted by atomic mass is 10.1. The van der Waals surface area contributed by atoms with E-state index in [0.717, 1.165) is 16.7 Å². The number of rotatable bonds is 9. The Morgan fingerprint density at radius 1 is 1.04 bits per heavy atom. The number of amides is 2. The summed E-state index contributed by atoms with van der Waals surface area (Å²) in [6.07, 6.45) is 0.249. The van der Waals surface area contributed by atoms with Crippen molar-refractivity contribution in [3.8, 4) is 11.5 Å². The summed E-state index contributed by atoms with van der Waals surface area (Å²) in [6.45, 7) is 4.76. The molecule has 0 bridgehead atoms. The minimum absolute atomic E-state index is 0.0817. The van der Waals surface area contributed by atoms with Crippen LogP contribution in [0.15, 0.2) is 42.5 Å². The van der Waals surface area contributed by atoms with Crippen LogP contribution in [0.25, 0.3) is 0 Å².